The second-order valence-electron chi connectivity index (χ2n) is 6.10. The highest BCUT2D eigenvalue weighted by Gasteiger charge is 2.35. The molecule has 0 saturated heterocycles. The molecule has 0 aromatic heterocycles. The molecule has 0 saturated carbocycles. The first-order chi connectivity index (χ1) is 10.1. The van der Waals surface area contributed by atoms with Crippen molar-refractivity contribution >= 4 is 19.4 Å². The van der Waals surface area contributed by atoms with Crippen LogP contribution in [0.4, 0.5) is 9.18 Å². The summed E-state index contributed by atoms with van der Waals surface area (Å²) in [6, 6.07) is 4.03. The molecule has 1 aromatic rings. The summed E-state index contributed by atoms with van der Waals surface area (Å²) in [5.41, 5.74) is 5.31. The Hall–Kier alpha value is -2.21. The van der Waals surface area contributed by atoms with Gasteiger partial charge >= 0.3 is 6.09 Å². The van der Waals surface area contributed by atoms with Crippen LogP contribution < -0.4 is 15.7 Å². The third-order valence-electron chi connectivity index (χ3n) is 2.82. The van der Waals surface area contributed by atoms with E-state index < -0.39 is 23.1 Å². The van der Waals surface area contributed by atoms with Crippen LogP contribution in [0, 0.1) is 11.3 Å². The summed E-state index contributed by atoms with van der Waals surface area (Å²) in [4.78, 5) is 14.9. The Balaban J connectivity index is 3.17. The molecule has 1 amide bonds. The Bertz CT molecular complexity index is 611. The van der Waals surface area contributed by atoms with Crippen molar-refractivity contribution in [1.29, 1.82) is 5.53 Å². The van der Waals surface area contributed by atoms with E-state index in [0.717, 1.165) is 0 Å². The van der Waals surface area contributed by atoms with Crippen molar-refractivity contribution in [3.63, 3.8) is 0 Å². The summed E-state index contributed by atoms with van der Waals surface area (Å²) < 4.78 is 19.3. The van der Waals surface area contributed by atoms with Crippen LogP contribution >= 0.6 is 0 Å². The minimum atomic E-state index is -1.24. The third-order valence-corrected chi connectivity index (χ3v) is 2.82. The van der Waals surface area contributed by atoms with Gasteiger partial charge in [0.05, 0.1) is 5.54 Å². The normalized spacial score (nSPS) is 13.7. The second-order valence-corrected chi connectivity index (χ2v) is 6.10. The summed E-state index contributed by atoms with van der Waals surface area (Å²) >= 11 is 0. The lowest BCUT2D eigenvalue weighted by atomic mass is 9.86. The minimum Gasteiger partial charge on any atom is -0.444 e. The van der Waals surface area contributed by atoms with Gasteiger partial charge < -0.3 is 10.1 Å². The van der Waals surface area contributed by atoms with Crippen molar-refractivity contribution in [2.24, 2.45) is 5.11 Å². The molecule has 1 atom stereocenters. The number of nitrogens with one attached hydrogen (secondary N) is 2. The van der Waals surface area contributed by atoms with Crippen LogP contribution in [0.2, 0.25) is 0 Å². The van der Waals surface area contributed by atoms with Gasteiger partial charge in [-0.05, 0) is 33.8 Å². The molecule has 0 spiro atoms. The molecule has 6 nitrogen and oxygen atoms in total. The predicted molar refractivity (Wildman–Crippen MR) is 80.7 cm³/mol. The van der Waals surface area contributed by atoms with Crippen molar-refractivity contribution < 1.29 is 13.9 Å². The monoisotopic (exact) mass is 305 g/mol. The second kappa shape index (κ2) is 6.70. The molecule has 0 fully saturated rings. The first kappa shape index (κ1) is 17.8. The van der Waals surface area contributed by atoms with Crippen molar-refractivity contribution in [3.05, 3.63) is 29.6 Å². The maximum absolute atomic E-state index is 14.1. The number of nitrogens with zero attached hydrogens (tertiary/aromatic N) is 2. The molecule has 1 rings (SSSR count). The van der Waals surface area contributed by atoms with E-state index >= 15 is 0 Å². The molecule has 0 aliphatic carbocycles. The van der Waals surface area contributed by atoms with Gasteiger partial charge in [0.25, 0.3) is 0 Å². The lowest BCUT2D eigenvalue weighted by Crippen LogP contribution is -2.48. The van der Waals surface area contributed by atoms with Gasteiger partial charge in [0.1, 0.15) is 29.9 Å². The molecular weight excluding hydrogens is 286 g/mol. The molecule has 0 aliphatic heterocycles. The molecular formula is C14H19BFN4O2+. The average Bonchev–Trinajstić information content (AvgIpc) is 2.36. The van der Waals surface area contributed by atoms with Gasteiger partial charge in [-0.25, -0.2) is 9.18 Å². The standard InChI is InChI=1S/C14H18BFN4O2/c1-13(2,3)22-12(21)19-14(4,8-18-20-17)10-7-9(15)5-6-11(10)16/h5-7,17H,8H2,1-4H3/p+1. The zero-order valence-corrected chi connectivity index (χ0v) is 13.1. The summed E-state index contributed by atoms with van der Waals surface area (Å²) in [7, 11) is 5.68. The number of carbonyl (C=O) groups is 1. The number of amides is 1. The first-order valence-electron chi connectivity index (χ1n) is 6.67. The van der Waals surface area contributed by atoms with E-state index in [1.165, 1.54) is 18.2 Å². The van der Waals surface area contributed by atoms with E-state index in [2.05, 4.69) is 15.3 Å². The van der Waals surface area contributed by atoms with Gasteiger partial charge in [0.15, 0.2) is 6.54 Å². The molecule has 0 aliphatic rings. The summed E-state index contributed by atoms with van der Waals surface area (Å²) in [5, 5.41) is 6.13. The fourth-order valence-electron chi connectivity index (χ4n) is 1.86. The third kappa shape index (κ3) is 4.97. The zero-order valence-electron chi connectivity index (χ0n) is 13.1. The average molecular weight is 305 g/mol. The van der Waals surface area contributed by atoms with Crippen molar-refractivity contribution in [2.45, 2.75) is 38.8 Å². The number of ether oxygens (including phenoxy) is 1. The van der Waals surface area contributed by atoms with Gasteiger partial charge in [-0.1, -0.05) is 17.6 Å². The molecule has 22 heavy (non-hydrogen) atoms. The molecule has 2 N–H and O–H groups in total. The van der Waals surface area contributed by atoms with E-state index in [0.29, 0.717) is 5.46 Å². The Morgan fingerprint density at radius 3 is 2.64 bits per heavy atom. The fourth-order valence-corrected chi connectivity index (χ4v) is 1.86. The van der Waals surface area contributed by atoms with Crippen LogP contribution in [-0.4, -0.2) is 26.1 Å². The van der Waals surface area contributed by atoms with E-state index in [-0.39, 0.29) is 12.1 Å². The van der Waals surface area contributed by atoms with Crippen LogP contribution in [-0.2, 0) is 10.3 Å². The van der Waals surface area contributed by atoms with E-state index in [4.69, 9.17) is 18.1 Å². The maximum atomic E-state index is 14.1. The Labute approximate surface area is 130 Å². The van der Waals surface area contributed by atoms with Gasteiger partial charge in [-0.2, -0.15) is 0 Å². The quantitative estimate of drug-likeness (QED) is 0.505. The molecule has 116 valence electrons. The van der Waals surface area contributed by atoms with Gasteiger partial charge in [0.2, 0.25) is 4.91 Å². The number of benzene rings is 1. The molecule has 1 aromatic carbocycles. The van der Waals surface area contributed by atoms with Crippen LogP contribution in [0.1, 0.15) is 33.3 Å². The summed E-state index contributed by atoms with van der Waals surface area (Å²) in [6.07, 6.45) is -0.725. The number of rotatable bonds is 4. The van der Waals surface area contributed by atoms with Crippen LogP contribution in [0.15, 0.2) is 23.3 Å². The summed E-state index contributed by atoms with van der Waals surface area (Å²) in [6.45, 7) is 6.58. The number of halogens is 1. The SMILES string of the molecule is [B]c1ccc(F)c(C(C)(CN=[N+]=N)NC(=O)OC(C)(C)C)c1. The maximum Gasteiger partial charge on any atom is 0.408 e. The minimum absolute atomic E-state index is 0.129. The molecule has 0 heterocycles. The highest BCUT2D eigenvalue weighted by molar-refractivity contribution is 6.32. The van der Waals surface area contributed by atoms with E-state index in [1.807, 2.05) is 0 Å². The molecule has 8 heteroatoms. The van der Waals surface area contributed by atoms with Crippen molar-refractivity contribution in [3.8, 4) is 0 Å². The van der Waals surface area contributed by atoms with Crippen molar-refractivity contribution in [1.82, 2.24) is 10.2 Å². The Kier molecular flexibility index (Phi) is 5.44. The predicted octanol–water partition coefficient (Wildman–Crippen LogP) is 1.91. The summed E-state index contributed by atoms with van der Waals surface area (Å²) in [5.74, 6) is -0.548. The number of hydrogen-bond acceptors (Lipinski definition) is 4. The Morgan fingerprint density at radius 1 is 1.45 bits per heavy atom. The Morgan fingerprint density at radius 2 is 2.09 bits per heavy atom. The highest BCUT2D eigenvalue weighted by atomic mass is 19.1. The van der Waals surface area contributed by atoms with E-state index in [1.54, 1.807) is 27.7 Å². The molecule has 0 bridgehead atoms. The zero-order chi connectivity index (χ0) is 17.0. The highest BCUT2D eigenvalue weighted by Crippen LogP contribution is 2.24. The van der Waals surface area contributed by atoms with Gasteiger partial charge in [0, 0.05) is 5.56 Å². The smallest absolute Gasteiger partial charge is 0.408 e. The van der Waals surface area contributed by atoms with Gasteiger partial charge in [-0.15, -0.1) is 0 Å². The lowest BCUT2D eigenvalue weighted by molar-refractivity contribution is 0.0463. The van der Waals surface area contributed by atoms with E-state index in [9.17, 15) is 9.18 Å². The molecule has 2 radical (unpaired) electrons. The van der Waals surface area contributed by atoms with Crippen LogP contribution in [0.5, 0.6) is 0 Å². The largest absolute Gasteiger partial charge is 0.444 e. The van der Waals surface area contributed by atoms with Crippen molar-refractivity contribution in [2.75, 3.05) is 6.54 Å². The number of carbonyl (C=O) groups excluding carboxylic acids is 1. The lowest BCUT2D eigenvalue weighted by Gasteiger charge is -2.30. The number of alkyl carbamates (subject to hydrolysis) is 1. The fraction of sp³-hybridized carbons (Fsp3) is 0.500. The topological polar surface area (TPSA) is 88.6 Å². The molecule has 1 unspecified atom stereocenters. The van der Waals surface area contributed by atoms with Gasteiger partial charge in [-0.3, -0.25) is 0 Å². The van der Waals surface area contributed by atoms with Crippen LogP contribution in [0.3, 0.4) is 0 Å². The number of hydrogen-bond donors (Lipinski definition) is 2. The van der Waals surface area contributed by atoms with Crippen LogP contribution in [0.25, 0.3) is 0 Å². The first-order valence-corrected chi connectivity index (χ1v) is 6.67.